The number of nitrogens with zero attached hydrogens (tertiary/aromatic N) is 3. The van der Waals surface area contributed by atoms with E-state index in [2.05, 4.69) is 22.5 Å². The van der Waals surface area contributed by atoms with Gasteiger partial charge in [0.1, 0.15) is 12.1 Å². The Labute approximate surface area is 236 Å². The molecule has 40 heavy (non-hydrogen) atoms. The maximum atomic E-state index is 14.0. The van der Waals surface area contributed by atoms with Gasteiger partial charge in [-0.15, -0.1) is 0 Å². The molecule has 8 nitrogen and oxygen atoms in total. The number of hydrogen-bond donors (Lipinski definition) is 2. The first-order chi connectivity index (χ1) is 19.3. The van der Waals surface area contributed by atoms with Crippen LogP contribution in [0.15, 0.2) is 72.8 Å². The number of urea groups is 1. The standard InChI is InChI=1S/C32H37N5O3/c1-4-25-10-8-9-13-28(25)34-31(40)35-18-16-32(17-19-35)30(39)36(22-37(32)27-11-6-5-7-12-27)21-29(38)33-26-15-14-23(2)24(3)20-26/h5-15,20H,4,16-19,21-22H2,1-3H3,(H,33,38)(H,34,40). The first-order valence-corrected chi connectivity index (χ1v) is 13.9. The number of amides is 4. The number of hydrogen-bond acceptors (Lipinski definition) is 4. The molecule has 2 N–H and O–H groups in total. The number of likely N-dealkylation sites (tertiary alicyclic amines) is 1. The quantitative estimate of drug-likeness (QED) is 0.452. The van der Waals surface area contributed by atoms with Crippen LogP contribution < -0.4 is 15.5 Å². The molecule has 0 atom stereocenters. The van der Waals surface area contributed by atoms with Gasteiger partial charge in [0.2, 0.25) is 5.91 Å². The molecule has 2 saturated heterocycles. The smallest absolute Gasteiger partial charge is 0.321 e. The van der Waals surface area contributed by atoms with Crippen molar-refractivity contribution in [1.82, 2.24) is 9.80 Å². The Hall–Kier alpha value is -4.33. The third kappa shape index (κ3) is 5.39. The highest BCUT2D eigenvalue weighted by molar-refractivity contribution is 5.99. The lowest BCUT2D eigenvalue weighted by atomic mass is 9.85. The van der Waals surface area contributed by atoms with Crippen molar-refractivity contribution < 1.29 is 14.4 Å². The maximum absolute atomic E-state index is 14.0. The molecule has 0 radical (unpaired) electrons. The molecule has 2 heterocycles. The summed E-state index contributed by atoms with van der Waals surface area (Å²) in [4.78, 5) is 45.7. The second-order valence-corrected chi connectivity index (χ2v) is 10.7. The fourth-order valence-electron chi connectivity index (χ4n) is 5.74. The molecule has 0 aromatic heterocycles. The molecule has 0 aliphatic carbocycles. The van der Waals surface area contributed by atoms with Gasteiger partial charge >= 0.3 is 6.03 Å². The molecule has 2 aliphatic rings. The summed E-state index contributed by atoms with van der Waals surface area (Å²) in [7, 11) is 0. The lowest BCUT2D eigenvalue weighted by Crippen LogP contribution is -2.58. The molecular formula is C32H37N5O3. The number of carbonyl (C=O) groups excluding carboxylic acids is 3. The van der Waals surface area contributed by atoms with E-state index >= 15 is 0 Å². The number of anilines is 3. The zero-order valence-electron chi connectivity index (χ0n) is 23.4. The van der Waals surface area contributed by atoms with E-state index in [-0.39, 0.29) is 24.4 Å². The molecule has 2 aliphatic heterocycles. The van der Waals surface area contributed by atoms with Gasteiger partial charge < -0.3 is 25.3 Å². The fourth-order valence-corrected chi connectivity index (χ4v) is 5.74. The van der Waals surface area contributed by atoms with Crippen molar-refractivity contribution in [3.8, 4) is 0 Å². The van der Waals surface area contributed by atoms with E-state index in [0.717, 1.165) is 40.2 Å². The van der Waals surface area contributed by atoms with Crippen molar-refractivity contribution >= 4 is 34.9 Å². The Morgan fingerprint density at radius 3 is 2.27 bits per heavy atom. The van der Waals surface area contributed by atoms with Crippen LogP contribution in [0, 0.1) is 13.8 Å². The second kappa shape index (κ2) is 11.4. The highest BCUT2D eigenvalue weighted by atomic mass is 16.2. The number of nitrogens with one attached hydrogen (secondary N) is 2. The molecule has 2 fully saturated rings. The number of piperidine rings is 1. The van der Waals surface area contributed by atoms with Gasteiger partial charge in [0.15, 0.2) is 0 Å². The number of carbonyl (C=O) groups is 3. The van der Waals surface area contributed by atoms with E-state index < -0.39 is 5.54 Å². The molecular weight excluding hydrogens is 502 g/mol. The summed E-state index contributed by atoms with van der Waals surface area (Å²) < 4.78 is 0. The van der Waals surface area contributed by atoms with E-state index in [0.29, 0.717) is 32.6 Å². The van der Waals surface area contributed by atoms with Crippen molar-refractivity contribution in [2.45, 2.75) is 45.6 Å². The number of rotatable bonds is 6. The fraction of sp³-hybridized carbons (Fsp3) is 0.344. The Balaban J connectivity index is 1.30. The third-order valence-corrected chi connectivity index (χ3v) is 8.22. The predicted molar refractivity (Wildman–Crippen MR) is 158 cm³/mol. The SMILES string of the molecule is CCc1ccccc1NC(=O)N1CCC2(CC1)C(=O)N(CC(=O)Nc1ccc(C)c(C)c1)CN2c1ccccc1. The van der Waals surface area contributed by atoms with Gasteiger partial charge in [0.05, 0.1) is 6.67 Å². The topological polar surface area (TPSA) is 85.0 Å². The molecule has 4 amide bonds. The molecule has 3 aromatic carbocycles. The zero-order chi connectivity index (χ0) is 28.3. The molecule has 5 rings (SSSR count). The van der Waals surface area contributed by atoms with Crippen molar-refractivity contribution in [1.29, 1.82) is 0 Å². The average molecular weight is 540 g/mol. The second-order valence-electron chi connectivity index (χ2n) is 10.7. The van der Waals surface area contributed by atoms with E-state index in [1.54, 1.807) is 9.80 Å². The van der Waals surface area contributed by atoms with E-state index in [9.17, 15) is 14.4 Å². The Morgan fingerprint density at radius 2 is 1.57 bits per heavy atom. The van der Waals surface area contributed by atoms with Crippen LogP contribution in [-0.4, -0.2) is 59.5 Å². The highest BCUT2D eigenvalue weighted by Crippen LogP contribution is 2.39. The third-order valence-electron chi connectivity index (χ3n) is 8.22. The van der Waals surface area contributed by atoms with Crippen LogP contribution in [0.2, 0.25) is 0 Å². The number of para-hydroxylation sites is 2. The van der Waals surface area contributed by atoms with E-state index in [1.807, 2.05) is 86.6 Å². The van der Waals surface area contributed by atoms with Crippen LogP contribution in [0.5, 0.6) is 0 Å². The summed E-state index contributed by atoms with van der Waals surface area (Å²) in [5.41, 5.74) is 5.00. The molecule has 0 saturated carbocycles. The normalized spacial score (nSPS) is 16.4. The monoisotopic (exact) mass is 539 g/mol. The van der Waals surface area contributed by atoms with Crippen LogP contribution in [0.4, 0.5) is 21.9 Å². The lowest BCUT2D eigenvalue weighted by Gasteiger charge is -2.43. The summed E-state index contributed by atoms with van der Waals surface area (Å²) >= 11 is 0. The van der Waals surface area contributed by atoms with E-state index in [1.165, 1.54) is 0 Å². The molecule has 8 heteroatoms. The molecule has 1 spiro atoms. The van der Waals surface area contributed by atoms with Crippen molar-refractivity contribution in [3.05, 3.63) is 89.5 Å². The largest absolute Gasteiger partial charge is 0.339 e. The first kappa shape index (κ1) is 27.2. The van der Waals surface area contributed by atoms with Crippen molar-refractivity contribution in [3.63, 3.8) is 0 Å². The van der Waals surface area contributed by atoms with Gasteiger partial charge in [-0.1, -0.05) is 49.4 Å². The van der Waals surface area contributed by atoms with Crippen LogP contribution in [0.3, 0.4) is 0 Å². The van der Waals surface area contributed by atoms with Gasteiger partial charge in [-0.2, -0.15) is 0 Å². The van der Waals surface area contributed by atoms with Crippen LogP contribution in [-0.2, 0) is 16.0 Å². The van der Waals surface area contributed by atoms with Crippen LogP contribution in [0.25, 0.3) is 0 Å². The molecule has 0 unspecified atom stereocenters. The van der Waals surface area contributed by atoms with Crippen LogP contribution >= 0.6 is 0 Å². The highest BCUT2D eigenvalue weighted by Gasteiger charge is 2.54. The summed E-state index contributed by atoms with van der Waals surface area (Å²) in [5, 5.41) is 6.00. The van der Waals surface area contributed by atoms with Gasteiger partial charge in [-0.3, -0.25) is 9.59 Å². The number of benzene rings is 3. The van der Waals surface area contributed by atoms with Gasteiger partial charge in [-0.25, -0.2) is 4.79 Å². The summed E-state index contributed by atoms with van der Waals surface area (Å²) in [6, 6.07) is 23.3. The Morgan fingerprint density at radius 1 is 0.875 bits per heavy atom. The van der Waals surface area contributed by atoms with Gasteiger partial charge in [-0.05, 0) is 80.1 Å². The first-order valence-electron chi connectivity index (χ1n) is 13.9. The van der Waals surface area contributed by atoms with E-state index in [4.69, 9.17) is 0 Å². The van der Waals surface area contributed by atoms with Crippen LogP contribution in [0.1, 0.15) is 36.5 Å². The maximum Gasteiger partial charge on any atom is 0.321 e. The molecule has 208 valence electrons. The summed E-state index contributed by atoms with van der Waals surface area (Å²) in [6.07, 6.45) is 1.80. The minimum Gasteiger partial charge on any atom is -0.339 e. The predicted octanol–water partition coefficient (Wildman–Crippen LogP) is 5.18. The Kier molecular flexibility index (Phi) is 7.78. The van der Waals surface area contributed by atoms with Crippen molar-refractivity contribution in [2.24, 2.45) is 0 Å². The molecule has 0 bridgehead atoms. The van der Waals surface area contributed by atoms with Crippen molar-refractivity contribution in [2.75, 3.05) is 41.8 Å². The zero-order valence-corrected chi connectivity index (χ0v) is 23.4. The lowest BCUT2D eigenvalue weighted by molar-refractivity contribution is -0.136. The van der Waals surface area contributed by atoms with Gasteiger partial charge in [0, 0.05) is 30.2 Å². The summed E-state index contributed by atoms with van der Waals surface area (Å²) in [5.74, 6) is -0.295. The number of aryl methyl sites for hydroxylation is 3. The molecule has 3 aromatic rings. The average Bonchev–Trinajstić information content (AvgIpc) is 3.22. The minimum absolute atomic E-state index is 0.0329. The van der Waals surface area contributed by atoms with Gasteiger partial charge in [0.25, 0.3) is 5.91 Å². The minimum atomic E-state index is -0.805. The summed E-state index contributed by atoms with van der Waals surface area (Å²) in [6.45, 7) is 7.27. The Bertz CT molecular complexity index is 1400.